The van der Waals surface area contributed by atoms with E-state index in [9.17, 15) is 8.42 Å². The fourth-order valence-electron chi connectivity index (χ4n) is 2.30. The zero-order valence-electron chi connectivity index (χ0n) is 13.1. The predicted molar refractivity (Wildman–Crippen MR) is 85.8 cm³/mol. The molecule has 1 aromatic rings. The van der Waals surface area contributed by atoms with Gasteiger partial charge in [-0.1, -0.05) is 26.0 Å². The standard InChI is InChI=1S/C16H27NO3S/c1-3-11-17(12-4-2)21(19,20)16-10-7-9-15(14-16)8-5-6-13-18/h7,9-10,14,18H,3-6,8,11-13H2,1-2H3. The Bertz CT molecular complexity index is 508. The smallest absolute Gasteiger partial charge is 0.243 e. The van der Waals surface area contributed by atoms with Crippen molar-refractivity contribution in [2.75, 3.05) is 19.7 Å². The summed E-state index contributed by atoms with van der Waals surface area (Å²) in [6, 6.07) is 7.19. The first-order chi connectivity index (χ1) is 10.1. The number of unbranched alkanes of at least 4 members (excludes halogenated alkanes) is 1. The largest absolute Gasteiger partial charge is 0.396 e. The molecule has 0 aliphatic heterocycles. The molecule has 0 saturated heterocycles. The molecule has 1 rings (SSSR count). The summed E-state index contributed by atoms with van der Waals surface area (Å²) in [6.07, 6.45) is 4.04. The Morgan fingerprint density at radius 1 is 1.10 bits per heavy atom. The molecule has 0 bridgehead atoms. The molecule has 0 aliphatic rings. The van der Waals surface area contributed by atoms with Crippen molar-refractivity contribution in [2.24, 2.45) is 0 Å². The van der Waals surface area contributed by atoms with E-state index in [1.54, 1.807) is 22.5 Å². The average molecular weight is 313 g/mol. The number of hydrogen-bond donors (Lipinski definition) is 1. The number of aliphatic hydroxyl groups excluding tert-OH is 1. The molecule has 0 atom stereocenters. The molecule has 0 radical (unpaired) electrons. The molecule has 1 aromatic carbocycles. The Balaban J connectivity index is 2.93. The number of aryl methyl sites for hydroxylation is 1. The number of aliphatic hydroxyl groups is 1. The molecule has 0 amide bonds. The van der Waals surface area contributed by atoms with Crippen molar-refractivity contribution in [3.63, 3.8) is 0 Å². The van der Waals surface area contributed by atoms with E-state index < -0.39 is 10.0 Å². The third-order valence-corrected chi connectivity index (χ3v) is 5.25. The van der Waals surface area contributed by atoms with Gasteiger partial charge in [-0.25, -0.2) is 8.42 Å². The van der Waals surface area contributed by atoms with Crippen molar-refractivity contribution >= 4 is 10.0 Å². The lowest BCUT2D eigenvalue weighted by atomic mass is 10.1. The highest BCUT2D eigenvalue weighted by Gasteiger charge is 2.22. The van der Waals surface area contributed by atoms with Crippen molar-refractivity contribution in [1.82, 2.24) is 4.31 Å². The molecule has 5 heteroatoms. The molecule has 0 fully saturated rings. The maximum Gasteiger partial charge on any atom is 0.243 e. The molecule has 1 N–H and O–H groups in total. The second-order valence-electron chi connectivity index (χ2n) is 5.23. The minimum absolute atomic E-state index is 0.179. The van der Waals surface area contributed by atoms with Crippen molar-refractivity contribution in [2.45, 2.75) is 50.8 Å². The summed E-state index contributed by atoms with van der Waals surface area (Å²) in [7, 11) is -3.39. The van der Waals surface area contributed by atoms with Crippen molar-refractivity contribution in [3.05, 3.63) is 29.8 Å². The molecule has 0 saturated carbocycles. The summed E-state index contributed by atoms with van der Waals surface area (Å²) in [6.45, 7) is 5.28. The lowest BCUT2D eigenvalue weighted by Gasteiger charge is -2.21. The maximum absolute atomic E-state index is 12.7. The van der Waals surface area contributed by atoms with Crippen LogP contribution in [-0.2, 0) is 16.4 Å². The average Bonchev–Trinajstić information content (AvgIpc) is 2.47. The third kappa shape index (κ3) is 5.41. The summed E-state index contributed by atoms with van der Waals surface area (Å²) in [5.74, 6) is 0. The monoisotopic (exact) mass is 313 g/mol. The summed E-state index contributed by atoms with van der Waals surface area (Å²) >= 11 is 0. The van der Waals surface area contributed by atoms with Gasteiger partial charge >= 0.3 is 0 Å². The van der Waals surface area contributed by atoms with Gasteiger partial charge in [0.2, 0.25) is 10.0 Å². The van der Waals surface area contributed by atoms with Gasteiger partial charge < -0.3 is 5.11 Å². The molecule has 0 heterocycles. The molecule has 0 aliphatic carbocycles. The van der Waals surface area contributed by atoms with Crippen LogP contribution in [0.15, 0.2) is 29.2 Å². The van der Waals surface area contributed by atoms with E-state index in [1.165, 1.54) is 0 Å². The van der Waals surface area contributed by atoms with Crippen LogP contribution >= 0.6 is 0 Å². The minimum Gasteiger partial charge on any atom is -0.396 e. The third-order valence-electron chi connectivity index (χ3n) is 3.36. The van der Waals surface area contributed by atoms with Gasteiger partial charge in [-0.3, -0.25) is 0 Å². The predicted octanol–water partition coefficient (Wildman–Crippen LogP) is 2.81. The quantitative estimate of drug-likeness (QED) is 0.676. The molecule has 120 valence electrons. The first-order valence-corrected chi connectivity index (χ1v) is 9.20. The topological polar surface area (TPSA) is 57.6 Å². The summed E-state index contributed by atoms with van der Waals surface area (Å²) < 4.78 is 26.9. The van der Waals surface area contributed by atoms with Gasteiger partial charge in [0.05, 0.1) is 4.90 Å². The van der Waals surface area contributed by atoms with E-state index in [4.69, 9.17) is 5.11 Å². The zero-order chi connectivity index (χ0) is 15.7. The second kappa shape index (κ2) is 9.18. The van der Waals surface area contributed by atoms with Crippen LogP contribution in [0.2, 0.25) is 0 Å². The summed E-state index contributed by atoms with van der Waals surface area (Å²) in [4.78, 5) is 0.380. The number of nitrogens with zero attached hydrogens (tertiary/aromatic N) is 1. The van der Waals surface area contributed by atoms with Crippen LogP contribution in [0.3, 0.4) is 0 Å². The Morgan fingerprint density at radius 3 is 2.33 bits per heavy atom. The van der Waals surface area contributed by atoms with Gasteiger partial charge in [0, 0.05) is 19.7 Å². The van der Waals surface area contributed by atoms with Crippen LogP contribution in [0.5, 0.6) is 0 Å². The highest BCUT2D eigenvalue weighted by Crippen LogP contribution is 2.19. The van der Waals surface area contributed by atoms with E-state index in [-0.39, 0.29) is 6.61 Å². The number of benzene rings is 1. The van der Waals surface area contributed by atoms with Crippen molar-refractivity contribution in [3.8, 4) is 0 Å². The first-order valence-electron chi connectivity index (χ1n) is 7.76. The molecular formula is C16H27NO3S. The fourth-order valence-corrected chi connectivity index (χ4v) is 4.00. The van der Waals surface area contributed by atoms with Gasteiger partial charge in [0.15, 0.2) is 0 Å². The van der Waals surface area contributed by atoms with Gasteiger partial charge in [0.25, 0.3) is 0 Å². The maximum atomic E-state index is 12.7. The van der Waals surface area contributed by atoms with Crippen LogP contribution in [0.1, 0.15) is 45.1 Å². The normalized spacial score (nSPS) is 12.0. The van der Waals surface area contributed by atoms with Gasteiger partial charge in [0.1, 0.15) is 0 Å². The van der Waals surface area contributed by atoms with E-state index in [2.05, 4.69) is 0 Å². The molecule has 4 nitrogen and oxygen atoms in total. The number of hydrogen-bond acceptors (Lipinski definition) is 3. The lowest BCUT2D eigenvalue weighted by Crippen LogP contribution is -2.32. The molecule has 0 aromatic heterocycles. The minimum atomic E-state index is -3.39. The number of rotatable bonds is 10. The van der Waals surface area contributed by atoms with E-state index >= 15 is 0 Å². The SMILES string of the molecule is CCCN(CCC)S(=O)(=O)c1cccc(CCCCO)c1. The Labute approximate surface area is 128 Å². The van der Waals surface area contributed by atoms with Crippen molar-refractivity contribution in [1.29, 1.82) is 0 Å². The lowest BCUT2D eigenvalue weighted by molar-refractivity contribution is 0.284. The Morgan fingerprint density at radius 2 is 1.76 bits per heavy atom. The molecule has 0 spiro atoms. The van der Waals surface area contributed by atoms with Crippen LogP contribution in [0, 0.1) is 0 Å². The summed E-state index contributed by atoms with van der Waals surface area (Å²) in [5.41, 5.74) is 1.01. The van der Waals surface area contributed by atoms with Crippen LogP contribution < -0.4 is 0 Å². The van der Waals surface area contributed by atoms with Crippen LogP contribution in [0.25, 0.3) is 0 Å². The molecular weight excluding hydrogens is 286 g/mol. The fraction of sp³-hybridized carbons (Fsp3) is 0.625. The Hall–Kier alpha value is -0.910. The zero-order valence-corrected chi connectivity index (χ0v) is 13.9. The van der Waals surface area contributed by atoms with E-state index in [0.717, 1.165) is 37.7 Å². The van der Waals surface area contributed by atoms with Gasteiger partial charge in [-0.2, -0.15) is 4.31 Å². The van der Waals surface area contributed by atoms with E-state index in [0.29, 0.717) is 18.0 Å². The van der Waals surface area contributed by atoms with Crippen LogP contribution in [-0.4, -0.2) is 37.5 Å². The number of sulfonamides is 1. The second-order valence-corrected chi connectivity index (χ2v) is 7.17. The highest BCUT2D eigenvalue weighted by molar-refractivity contribution is 7.89. The van der Waals surface area contributed by atoms with E-state index in [1.807, 2.05) is 19.9 Å². The summed E-state index contributed by atoms with van der Waals surface area (Å²) in [5, 5.41) is 8.82. The van der Waals surface area contributed by atoms with Crippen molar-refractivity contribution < 1.29 is 13.5 Å². The van der Waals surface area contributed by atoms with Crippen LogP contribution in [0.4, 0.5) is 0 Å². The van der Waals surface area contributed by atoms with Gasteiger partial charge in [-0.05, 0) is 49.8 Å². The van der Waals surface area contributed by atoms with Gasteiger partial charge in [-0.15, -0.1) is 0 Å². The Kier molecular flexibility index (Phi) is 7.93. The highest BCUT2D eigenvalue weighted by atomic mass is 32.2. The molecule has 21 heavy (non-hydrogen) atoms. The first kappa shape index (κ1) is 18.1. The molecule has 0 unspecified atom stereocenters.